The second-order valence-corrected chi connectivity index (χ2v) is 6.75. The highest BCUT2D eigenvalue weighted by Gasteiger charge is 2.25. The molecule has 1 aromatic heterocycles. The zero-order valence-corrected chi connectivity index (χ0v) is 13.6. The molecular weight excluding hydrogens is 276 g/mol. The number of hydrogen-bond acceptors (Lipinski definition) is 4. The van der Waals surface area contributed by atoms with Crippen LogP contribution in [0.4, 0.5) is 5.82 Å². The number of amides is 1. The van der Waals surface area contributed by atoms with Gasteiger partial charge < -0.3 is 10.2 Å². The van der Waals surface area contributed by atoms with Crippen LogP contribution in [0.25, 0.3) is 0 Å². The van der Waals surface area contributed by atoms with Crippen molar-refractivity contribution in [2.75, 3.05) is 18.0 Å². The third kappa shape index (κ3) is 3.57. The molecule has 0 spiro atoms. The van der Waals surface area contributed by atoms with Gasteiger partial charge >= 0.3 is 0 Å². The Balaban J connectivity index is 1.49. The summed E-state index contributed by atoms with van der Waals surface area (Å²) < 4.78 is 0. The second-order valence-electron chi connectivity index (χ2n) is 6.75. The molecule has 0 aromatic carbocycles. The summed E-state index contributed by atoms with van der Waals surface area (Å²) in [4.78, 5) is 23.4. The Hall–Kier alpha value is -1.65. The summed E-state index contributed by atoms with van der Waals surface area (Å²) in [7, 11) is 0. The topological polar surface area (TPSA) is 58.1 Å². The fourth-order valence-electron chi connectivity index (χ4n) is 3.27. The number of aromatic nitrogens is 2. The van der Waals surface area contributed by atoms with E-state index in [1.165, 1.54) is 6.42 Å². The first-order valence-electron chi connectivity index (χ1n) is 8.46. The Bertz CT molecular complexity index is 533. The van der Waals surface area contributed by atoms with Crippen LogP contribution in [0.15, 0.2) is 6.20 Å². The van der Waals surface area contributed by atoms with Crippen LogP contribution in [0.3, 0.4) is 0 Å². The molecule has 1 amide bonds. The highest BCUT2D eigenvalue weighted by molar-refractivity contribution is 5.76. The van der Waals surface area contributed by atoms with Crippen molar-refractivity contribution >= 4 is 11.7 Å². The van der Waals surface area contributed by atoms with Gasteiger partial charge in [-0.3, -0.25) is 9.78 Å². The Kier molecular flexibility index (Phi) is 4.60. The summed E-state index contributed by atoms with van der Waals surface area (Å²) in [6, 6.07) is 0.456. The van der Waals surface area contributed by atoms with Crippen molar-refractivity contribution in [3.63, 3.8) is 0 Å². The van der Waals surface area contributed by atoms with Crippen molar-refractivity contribution in [2.45, 2.75) is 58.4 Å². The van der Waals surface area contributed by atoms with Crippen molar-refractivity contribution < 1.29 is 4.79 Å². The molecule has 1 aliphatic carbocycles. The molecule has 0 atom stereocenters. The lowest BCUT2D eigenvalue weighted by Gasteiger charge is -2.34. The van der Waals surface area contributed by atoms with E-state index in [9.17, 15) is 4.79 Å². The number of nitrogens with one attached hydrogen (secondary N) is 1. The number of hydrogen-bond donors (Lipinski definition) is 1. The van der Waals surface area contributed by atoms with Gasteiger partial charge in [-0.05, 0) is 51.9 Å². The van der Waals surface area contributed by atoms with E-state index in [0.717, 1.165) is 56.0 Å². The zero-order chi connectivity index (χ0) is 15.5. The quantitative estimate of drug-likeness (QED) is 0.927. The summed E-state index contributed by atoms with van der Waals surface area (Å²) in [5, 5.41) is 3.15. The van der Waals surface area contributed by atoms with Crippen LogP contribution in [0.1, 0.15) is 49.9 Å². The van der Waals surface area contributed by atoms with Crippen molar-refractivity contribution in [3.8, 4) is 0 Å². The number of anilines is 1. The molecule has 2 heterocycles. The van der Waals surface area contributed by atoms with Crippen LogP contribution in [0.2, 0.25) is 0 Å². The molecule has 3 rings (SSSR count). The molecule has 5 nitrogen and oxygen atoms in total. The number of aryl methyl sites for hydroxylation is 2. The van der Waals surface area contributed by atoms with Gasteiger partial charge in [0.15, 0.2) is 0 Å². The molecular formula is C17H26N4O. The predicted molar refractivity (Wildman–Crippen MR) is 86.8 cm³/mol. The molecule has 0 bridgehead atoms. The lowest BCUT2D eigenvalue weighted by molar-refractivity contribution is -0.123. The molecule has 1 aromatic rings. The van der Waals surface area contributed by atoms with Crippen LogP contribution in [-0.4, -0.2) is 35.0 Å². The van der Waals surface area contributed by atoms with Crippen LogP contribution < -0.4 is 10.2 Å². The lowest BCUT2D eigenvalue weighted by Crippen LogP contribution is -2.41. The number of piperidine rings is 1. The van der Waals surface area contributed by atoms with Crippen LogP contribution in [0.5, 0.6) is 0 Å². The predicted octanol–water partition coefficient (Wildman–Crippen LogP) is 2.37. The van der Waals surface area contributed by atoms with Crippen molar-refractivity contribution in [2.24, 2.45) is 5.92 Å². The Morgan fingerprint density at radius 3 is 2.64 bits per heavy atom. The first kappa shape index (κ1) is 15.3. The summed E-state index contributed by atoms with van der Waals surface area (Å²) in [5.74, 6) is 1.77. The Morgan fingerprint density at radius 2 is 2.00 bits per heavy atom. The summed E-state index contributed by atoms with van der Waals surface area (Å²) in [6.07, 6.45) is 8.21. The maximum absolute atomic E-state index is 12.0. The standard InChI is InChI=1S/C17H26N4O/c1-12-11-18-13(2)17(19-12)21-8-6-14(7-9-21)10-16(22)20-15-4-3-5-15/h11,14-15H,3-10H2,1-2H3,(H,20,22). The van der Waals surface area contributed by atoms with Crippen LogP contribution in [0, 0.1) is 19.8 Å². The largest absolute Gasteiger partial charge is 0.355 e. The number of nitrogens with zero attached hydrogens (tertiary/aromatic N) is 3. The van der Waals surface area contributed by atoms with E-state index in [0.29, 0.717) is 18.4 Å². The average molecular weight is 302 g/mol. The molecule has 2 fully saturated rings. The van der Waals surface area contributed by atoms with Crippen molar-refractivity contribution in [3.05, 3.63) is 17.6 Å². The maximum atomic E-state index is 12.0. The van der Waals surface area contributed by atoms with E-state index in [4.69, 9.17) is 0 Å². The lowest BCUT2D eigenvalue weighted by atomic mass is 9.90. The minimum Gasteiger partial charge on any atom is -0.355 e. The molecule has 120 valence electrons. The molecule has 1 saturated heterocycles. The first-order chi connectivity index (χ1) is 10.6. The number of rotatable bonds is 4. The minimum atomic E-state index is 0.245. The molecule has 1 aliphatic heterocycles. The average Bonchev–Trinajstić information content (AvgIpc) is 2.46. The van der Waals surface area contributed by atoms with Gasteiger partial charge in [-0.25, -0.2) is 4.98 Å². The molecule has 1 N–H and O–H groups in total. The number of carbonyl (C=O) groups excluding carboxylic acids is 1. The van der Waals surface area contributed by atoms with Crippen LogP contribution >= 0.6 is 0 Å². The van der Waals surface area contributed by atoms with Crippen molar-refractivity contribution in [1.82, 2.24) is 15.3 Å². The Morgan fingerprint density at radius 1 is 1.27 bits per heavy atom. The highest BCUT2D eigenvalue weighted by Crippen LogP contribution is 2.26. The zero-order valence-electron chi connectivity index (χ0n) is 13.6. The first-order valence-corrected chi connectivity index (χ1v) is 8.46. The molecule has 0 radical (unpaired) electrons. The summed E-state index contributed by atoms with van der Waals surface area (Å²) in [6.45, 7) is 5.94. The molecule has 2 aliphatic rings. The normalized spacial score (nSPS) is 19.8. The van der Waals surface area contributed by atoms with Gasteiger partial charge in [0.1, 0.15) is 5.82 Å². The third-order valence-electron chi connectivity index (χ3n) is 4.91. The van der Waals surface area contributed by atoms with E-state index < -0.39 is 0 Å². The van der Waals surface area contributed by atoms with Gasteiger partial charge in [0, 0.05) is 31.7 Å². The van der Waals surface area contributed by atoms with E-state index in [1.54, 1.807) is 0 Å². The summed E-state index contributed by atoms with van der Waals surface area (Å²) in [5.41, 5.74) is 1.95. The van der Waals surface area contributed by atoms with Gasteiger partial charge in [-0.2, -0.15) is 0 Å². The van der Waals surface area contributed by atoms with E-state index in [2.05, 4.69) is 20.2 Å². The van der Waals surface area contributed by atoms with E-state index in [-0.39, 0.29) is 5.91 Å². The Labute approximate surface area is 132 Å². The molecule has 22 heavy (non-hydrogen) atoms. The minimum absolute atomic E-state index is 0.245. The van der Waals surface area contributed by atoms with Gasteiger partial charge in [0.2, 0.25) is 5.91 Å². The highest BCUT2D eigenvalue weighted by atomic mass is 16.1. The molecule has 0 unspecified atom stereocenters. The molecule has 1 saturated carbocycles. The smallest absolute Gasteiger partial charge is 0.220 e. The van der Waals surface area contributed by atoms with E-state index >= 15 is 0 Å². The number of carbonyl (C=O) groups is 1. The molecule has 5 heteroatoms. The van der Waals surface area contributed by atoms with Gasteiger partial charge in [-0.1, -0.05) is 0 Å². The van der Waals surface area contributed by atoms with Gasteiger partial charge in [0.05, 0.1) is 11.4 Å². The monoisotopic (exact) mass is 302 g/mol. The fraction of sp³-hybridized carbons (Fsp3) is 0.706. The van der Waals surface area contributed by atoms with Crippen LogP contribution in [-0.2, 0) is 4.79 Å². The third-order valence-corrected chi connectivity index (χ3v) is 4.91. The fourth-order valence-corrected chi connectivity index (χ4v) is 3.27. The van der Waals surface area contributed by atoms with Gasteiger partial charge in [-0.15, -0.1) is 0 Å². The summed E-state index contributed by atoms with van der Waals surface area (Å²) >= 11 is 0. The second kappa shape index (κ2) is 6.63. The van der Waals surface area contributed by atoms with Gasteiger partial charge in [0.25, 0.3) is 0 Å². The van der Waals surface area contributed by atoms with Crippen molar-refractivity contribution in [1.29, 1.82) is 0 Å². The maximum Gasteiger partial charge on any atom is 0.220 e. The SMILES string of the molecule is Cc1cnc(C)c(N2CCC(CC(=O)NC3CCC3)CC2)n1. The van der Waals surface area contributed by atoms with E-state index in [1.807, 2.05) is 20.0 Å².